The molecule has 3 aromatic carbocycles. The van der Waals surface area contributed by atoms with Gasteiger partial charge in [0.05, 0.1) is 5.69 Å². The fraction of sp³-hybridized carbons (Fsp3) is 0.125. The van der Waals surface area contributed by atoms with E-state index in [4.69, 9.17) is 4.74 Å². The quantitative estimate of drug-likeness (QED) is 0.403. The molecule has 1 amide bonds. The van der Waals surface area contributed by atoms with Gasteiger partial charge in [0, 0.05) is 5.75 Å². The zero-order valence-corrected chi connectivity index (χ0v) is 17.9. The first kappa shape index (κ1) is 20.7. The van der Waals surface area contributed by atoms with E-state index in [1.165, 1.54) is 5.56 Å². The molecule has 31 heavy (non-hydrogen) atoms. The Hall–Kier alpha value is -3.58. The highest BCUT2D eigenvalue weighted by Crippen LogP contribution is 2.27. The summed E-state index contributed by atoms with van der Waals surface area (Å²) in [4.78, 5) is 12.5. The van der Waals surface area contributed by atoms with Crippen LogP contribution in [0, 0.1) is 6.92 Å². The van der Waals surface area contributed by atoms with Crippen LogP contribution >= 0.6 is 11.8 Å². The number of para-hydroxylation sites is 1. The van der Waals surface area contributed by atoms with Crippen LogP contribution < -0.4 is 10.1 Å². The Balaban J connectivity index is 1.50. The fourth-order valence-electron chi connectivity index (χ4n) is 2.99. The van der Waals surface area contributed by atoms with E-state index in [0.29, 0.717) is 16.9 Å². The molecule has 7 heteroatoms. The molecule has 0 radical (unpaired) electrons. The minimum Gasteiger partial charge on any atom is -0.484 e. The SMILES string of the molecule is Cc1cccc(OCC(=O)Nc2nnc(SCc3ccccc3)n2-c2ccccc2)c1. The minimum atomic E-state index is -0.300. The Morgan fingerprint density at radius 1 is 0.968 bits per heavy atom. The van der Waals surface area contributed by atoms with Crippen LogP contribution in [0.3, 0.4) is 0 Å². The van der Waals surface area contributed by atoms with E-state index in [1.807, 2.05) is 84.3 Å². The Morgan fingerprint density at radius 2 is 1.71 bits per heavy atom. The highest BCUT2D eigenvalue weighted by molar-refractivity contribution is 7.98. The lowest BCUT2D eigenvalue weighted by Gasteiger charge is -2.11. The largest absolute Gasteiger partial charge is 0.484 e. The van der Waals surface area contributed by atoms with Gasteiger partial charge in [-0.2, -0.15) is 0 Å². The van der Waals surface area contributed by atoms with Crippen molar-refractivity contribution in [1.29, 1.82) is 0 Å². The molecule has 0 saturated heterocycles. The van der Waals surface area contributed by atoms with E-state index in [9.17, 15) is 4.79 Å². The summed E-state index contributed by atoms with van der Waals surface area (Å²) in [7, 11) is 0. The maximum Gasteiger partial charge on any atom is 0.264 e. The Kier molecular flexibility index (Phi) is 6.64. The molecule has 6 nitrogen and oxygen atoms in total. The average molecular weight is 431 g/mol. The third-order valence-electron chi connectivity index (χ3n) is 4.47. The molecule has 4 aromatic rings. The predicted molar refractivity (Wildman–Crippen MR) is 123 cm³/mol. The molecule has 0 bridgehead atoms. The van der Waals surface area contributed by atoms with Crippen LogP contribution in [-0.2, 0) is 10.5 Å². The molecule has 0 aliphatic rings. The normalized spacial score (nSPS) is 10.6. The lowest BCUT2D eigenvalue weighted by molar-refractivity contribution is -0.118. The zero-order chi connectivity index (χ0) is 21.5. The monoisotopic (exact) mass is 430 g/mol. The average Bonchev–Trinajstić information content (AvgIpc) is 3.20. The summed E-state index contributed by atoms with van der Waals surface area (Å²) < 4.78 is 7.45. The number of rotatable bonds is 8. The topological polar surface area (TPSA) is 69.0 Å². The molecule has 1 aromatic heterocycles. The van der Waals surface area contributed by atoms with Crippen molar-refractivity contribution in [2.24, 2.45) is 0 Å². The van der Waals surface area contributed by atoms with Crippen molar-refractivity contribution in [1.82, 2.24) is 14.8 Å². The summed E-state index contributed by atoms with van der Waals surface area (Å²) in [5, 5.41) is 12.1. The molecule has 0 spiro atoms. The first-order valence-corrected chi connectivity index (χ1v) is 10.8. The van der Waals surface area contributed by atoms with E-state index in [1.54, 1.807) is 11.8 Å². The Labute approximate surface area is 185 Å². The number of aromatic nitrogens is 3. The van der Waals surface area contributed by atoms with E-state index in [-0.39, 0.29) is 12.5 Å². The van der Waals surface area contributed by atoms with Gasteiger partial charge in [-0.15, -0.1) is 10.2 Å². The van der Waals surface area contributed by atoms with Crippen molar-refractivity contribution in [3.63, 3.8) is 0 Å². The summed E-state index contributed by atoms with van der Waals surface area (Å²) in [5.74, 6) is 1.46. The minimum absolute atomic E-state index is 0.113. The number of nitrogens with zero attached hydrogens (tertiary/aromatic N) is 3. The van der Waals surface area contributed by atoms with Crippen LogP contribution in [0.15, 0.2) is 90.1 Å². The lowest BCUT2D eigenvalue weighted by atomic mass is 10.2. The molecule has 0 aliphatic heterocycles. The lowest BCUT2D eigenvalue weighted by Crippen LogP contribution is -2.22. The van der Waals surface area contributed by atoms with Gasteiger partial charge in [-0.25, -0.2) is 0 Å². The highest BCUT2D eigenvalue weighted by Gasteiger charge is 2.17. The van der Waals surface area contributed by atoms with Crippen molar-refractivity contribution in [3.8, 4) is 11.4 Å². The van der Waals surface area contributed by atoms with Crippen LogP contribution in [0.4, 0.5) is 5.95 Å². The fourth-order valence-corrected chi connectivity index (χ4v) is 3.90. The van der Waals surface area contributed by atoms with Gasteiger partial charge in [-0.05, 0) is 42.3 Å². The third-order valence-corrected chi connectivity index (χ3v) is 5.47. The molecule has 1 heterocycles. The molecule has 0 atom stereocenters. The number of anilines is 1. The summed E-state index contributed by atoms with van der Waals surface area (Å²) in [6.45, 7) is 1.86. The first-order valence-electron chi connectivity index (χ1n) is 9.86. The van der Waals surface area contributed by atoms with Crippen LogP contribution in [0.1, 0.15) is 11.1 Å². The van der Waals surface area contributed by atoms with Crippen LogP contribution in [0.2, 0.25) is 0 Å². The number of ether oxygens (including phenoxy) is 1. The van der Waals surface area contributed by atoms with Gasteiger partial charge < -0.3 is 4.74 Å². The van der Waals surface area contributed by atoms with E-state index in [2.05, 4.69) is 27.6 Å². The predicted octanol–water partition coefficient (Wildman–Crippen LogP) is 4.89. The Morgan fingerprint density at radius 3 is 2.45 bits per heavy atom. The number of amides is 1. The van der Waals surface area contributed by atoms with Crippen LogP contribution in [-0.4, -0.2) is 27.3 Å². The second kappa shape index (κ2) is 9.95. The Bertz CT molecular complexity index is 1150. The first-order chi connectivity index (χ1) is 15.2. The van der Waals surface area contributed by atoms with Gasteiger partial charge in [-0.1, -0.05) is 72.4 Å². The maximum atomic E-state index is 12.5. The number of carbonyl (C=O) groups is 1. The van der Waals surface area contributed by atoms with Crippen molar-refractivity contribution in [3.05, 3.63) is 96.1 Å². The van der Waals surface area contributed by atoms with Crippen molar-refractivity contribution in [2.45, 2.75) is 17.8 Å². The van der Waals surface area contributed by atoms with Gasteiger partial charge in [0.2, 0.25) is 5.95 Å². The van der Waals surface area contributed by atoms with Crippen LogP contribution in [0.25, 0.3) is 5.69 Å². The van der Waals surface area contributed by atoms with Gasteiger partial charge in [0.25, 0.3) is 5.91 Å². The van der Waals surface area contributed by atoms with E-state index < -0.39 is 0 Å². The molecule has 1 N–H and O–H groups in total. The molecule has 0 saturated carbocycles. The molecule has 0 aliphatic carbocycles. The molecular formula is C24H22N4O2S. The summed E-state index contributed by atoms with van der Waals surface area (Å²) in [5.41, 5.74) is 3.13. The molecule has 156 valence electrons. The highest BCUT2D eigenvalue weighted by atomic mass is 32.2. The number of nitrogens with one attached hydrogen (secondary N) is 1. The standard InChI is InChI=1S/C24H22N4O2S/c1-18-9-8-14-21(15-18)30-16-22(29)25-23-26-27-24(28(23)20-12-6-3-7-13-20)31-17-19-10-4-2-5-11-19/h2-15H,16-17H2,1H3,(H,25,26,29). The number of benzene rings is 3. The number of aryl methyl sites for hydroxylation is 1. The summed E-state index contributed by atoms with van der Waals surface area (Å²) >= 11 is 1.56. The second-order valence-corrected chi connectivity index (χ2v) is 7.85. The van der Waals surface area contributed by atoms with Gasteiger partial charge in [0.15, 0.2) is 11.8 Å². The maximum absolute atomic E-state index is 12.5. The molecule has 0 fully saturated rings. The second-order valence-electron chi connectivity index (χ2n) is 6.90. The van der Waals surface area contributed by atoms with Gasteiger partial charge in [-0.3, -0.25) is 14.7 Å². The smallest absolute Gasteiger partial charge is 0.264 e. The number of hydrogen-bond acceptors (Lipinski definition) is 5. The van der Waals surface area contributed by atoms with Crippen LogP contribution in [0.5, 0.6) is 5.75 Å². The number of hydrogen-bond donors (Lipinski definition) is 1. The number of carbonyl (C=O) groups excluding carboxylic acids is 1. The van der Waals surface area contributed by atoms with Crippen molar-refractivity contribution in [2.75, 3.05) is 11.9 Å². The van der Waals surface area contributed by atoms with Gasteiger partial charge >= 0.3 is 0 Å². The van der Waals surface area contributed by atoms with Crippen molar-refractivity contribution >= 4 is 23.6 Å². The molecular weight excluding hydrogens is 408 g/mol. The zero-order valence-electron chi connectivity index (χ0n) is 17.1. The molecule has 0 unspecified atom stereocenters. The third kappa shape index (κ3) is 5.52. The summed E-state index contributed by atoms with van der Waals surface area (Å²) in [6.07, 6.45) is 0. The van der Waals surface area contributed by atoms with Gasteiger partial charge in [0.1, 0.15) is 5.75 Å². The molecule has 4 rings (SSSR count). The summed E-state index contributed by atoms with van der Waals surface area (Å²) in [6, 6.07) is 27.5. The van der Waals surface area contributed by atoms with E-state index >= 15 is 0 Å². The van der Waals surface area contributed by atoms with E-state index in [0.717, 1.165) is 17.0 Å². The van der Waals surface area contributed by atoms with Crippen molar-refractivity contribution < 1.29 is 9.53 Å². The number of thioether (sulfide) groups is 1.